The van der Waals surface area contributed by atoms with Gasteiger partial charge in [-0.3, -0.25) is 4.79 Å². The average Bonchev–Trinajstić information content (AvgIpc) is 2.75. The van der Waals surface area contributed by atoms with E-state index in [1.165, 1.54) is 16.9 Å². The third-order valence-corrected chi connectivity index (χ3v) is 4.95. The molecule has 1 aromatic carbocycles. The van der Waals surface area contributed by atoms with Gasteiger partial charge in [-0.15, -0.1) is 11.3 Å². The summed E-state index contributed by atoms with van der Waals surface area (Å²) in [6.07, 6.45) is 1.78. The second-order valence-electron chi connectivity index (χ2n) is 5.95. The van der Waals surface area contributed by atoms with Gasteiger partial charge in [0.25, 0.3) is 0 Å². The van der Waals surface area contributed by atoms with Crippen molar-refractivity contribution in [2.24, 2.45) is 11.3 Å². The number of amides is 1. The van der Waals surface area contributed by atoms with E-state index in [2.05, 4.69) is 36.3 Å². The molecular formula is C16H18N2OS. The molecule has 104 valence electrons. The van der Waals surface area contributed by atoms with E-state index in [1.807, 2.05) is 25.1 Å². The fourth-order valence-electron chi connectivity index (χ4n) is 3.01. The van der Waals surface area contributed by atoms with Crippen LogP contribution in [0.5, 0.6) is 0 Å². The molecule has 0 spiro atoms. The summed E-state index contributed by atoms with van der Waals surface area (Å²) in [6, 6.07) is 10.3. The summed E-state index contributed by atoms with van der Waals surface area (Å²) in [5, 5.41) is 3.64. The molecule has 3 rings (SSSR count). The monoisotopic (exact) mass is 286 g/mol. The largest absolute Gasteiger partial charge is 0.302 e. The van der Waals surface area contributed by atoms with Crippen molar-refractivity contribution < 1.29 is 4.79 Å². The Morgan fingerprint density at radius 1 is 1.30 bits per heavy atom. The second kappa shape index (κ2) is 4.70. The zero-order valence-electron chi connectivity index (χ0n) is 11.9. The zero-order chi connectivity index (χ0) is 14.3. The first kappa shape index (κ1) is 13.3. The molecule has 1 aromatic heterocycles. The average molecular weight is 286 g/mol. The molecule has 2 aromatic rings. The van der Waals surface area contributed by atoms with Crippen LogP contribution in [0, 0.1) is 18.3 Å². The highest BCUT2D eigenvalue weighted by molar-refractivity contribution is 7.15. The van der Waals surface area contributed by atoms with E-state index < -0.39 is 0 Å². The topological polar surface area (TPSA) is 42.0 Å². The van der Waals surface area contributed by atoms with Crippen LogP contribution in [0.25, 0.3) is 0 Å². The number of nitrogens with one attached hydrogen (secondary N) is 1. The lowest BCUT2D eigenvalue weighted by Crippen LogP contribution is -2.16. The zero-order valence-corrected chi connectivity index (χ0v) is 12.7. The van der Waals surface area contributed by atoms with Crippen LogP contribution in [-0.2, 0) is 4.79 Å². The van der Waals surface area contributed by atoms with E-state index >= 15 is 0 Å². The maximum absolute atomic E-state index is 12.4. The summed E-state index contributed by atoms with van der Waals surface area (Å²) in [6.45, 7) is 6.30. The second-order valence-corrected chi connectivity index (χ2v) is 7.19. The van der Waals surface area contributed by atoms with E-state index in [0.717, 1.165) is 4.88 Å². The van der Waals surface area contributed by atoms with E-state index in [9.17, 15) is 4.79 Å². The molecule has 1 aliphatic rings. The van der Waals surface area contributed by atoms with E-state index in [4.69, 9.17) is 0 Å². The fourth-order valence-corrected chi connectivity index (χ4v) is 3.67. The molecule has 20 heavy (non-hydrogen) atoms. The Morgan fingerprint density at radius 3 is 2.60 bits per heavy atom. The number of carbonyl (C=O) groups is 1. The molecule has 1 amide bonds. The van der Waals surface area contributed by atoms with Gasteiger partial charge in [0.15, 0.2) is 5.13 Å². The van der Waals surface area contributed by atoms with Crippen molar-refractivity contribution in [2.75, 3.05) is 5.32 Å². The van der Waals surface area contributed by atoms with Gasteiger partial charge in [0, 0.05) is 17.0 Å². The highest BCUT2D eigenvalue weighted by Gasteiger charge is 2.62. The van der Waals surface area contributed by atoms with Gasteiger partial charge in [-0.25, -0.2) is 4.98 Å². The van der Waals surface area contributed by atoms with Crippen LogP contribution in [0.15, 0.2) is 36.5 Å². The van der Waals surface area contributed by atoms with Crippen molar-refractivity contribution in [2.45, 2.75) is 26.7 Å². The molecule has 1 saturated carbocycles. The van der Waals surface area contributed by atoms with Gasteiger partial charge in [0.2, 0.25) is 5.91 Å². The summed E-state index contributed by atoms with van der Waals surface area (Å²) in [4.78, 5) is 17.7. The summed E-state index contributed by atoms with van der Waals surface area (Å²) in [5.41, 5.74) is 1.26. The van der Waals surface area contributed by atoms with Crippen molar-refractivity contribution in [3.8, 4) is 0 Å². The van der Waals surface area contributed by atoms with E-state index in [-0.39, 0.29) is 17.2 Å². The fraction of sp³-hybridized carbons (Fsp3) is 0.375. The van der Waals surface area contributed by atoms with Gasteiger partial charge >= 0.3 is 0 Å². The smallest absolute Gasteiger partial charge is 0.230 e. The van der Waals surface area contributed by atoms with Gasteiger partial charge in [-0.2, -0.15) is 0 Å². The quantitative estimate of drug-likeness (QED) is 0.931. The van der Waals surface area contributed by atoms with Crippen molar-refractivity contribution in [1.82, 2.24) is 4.98 Å². The van der Waals surface area contributed by atoms with Crippen molar-refractivity contribution in [3.05, 3.63) is 47.0 Å². The Balaban J connectivity index is 1.76. The van der Waals surface area contributed by atoms with Gasteiger partial charge in [0.05, 0.1) is 5.92 Å². The van der Waals surface area contributed by atoms with Gasteiger partial charge in [0.1, 0.15) is 0 Å². The molecular weight excluding hydrogens is 268 g/mol. The lowest BCUT2D eigenvalue weighted by Gasteiger charge is -2.02. The summed E-state index contributed by atoms with van der Waals surface area (Å²) in [5.74, 6) is 0.400. The Morgan fingerprint density at radius 2 is 2.00 bits per heavy atom. The molecule has 1 unspecified atom stereocenters. The first-order chi connectivity index (χ1) is 9.50. The van der Waals surface area contributed by atoms with Gasteiger partial charge in [-0.05, 0) is 17.9 Å². The number of hydrogen-bond donors (Lipinski definition) is 1. The van der Waals surface area contributed by atoms with Crippen LogP contribution < -0.4 is 5.32 Å². The number of rotatable bonds is 3. The molecule has 1 heterocycles. The highest BCUT2D eigenvalue weighted by Crippen LogP contribution is 2.64. The van der Waals surface area contributed by atoms with Crippen molar-refractivity contribution in [3.63, 3.8) is 0 Å². The molecule has 0 saturated heterocycles. The summed E-state index contributed by atoms with van der Waals surface area (Å²) in [7, 11) is 0. The first-order valence-electron chi connectivity index (χ1n) is 6.78. The number of anilines is 1. The van der Waals surface area contributed by atoms with Crippen LogP contribution in [0.3, 0.4) is 0 Å². The third-order valence-electron chi connectivity index (χ3n) is 4.12. The SMILES string of the molecule is Cc1cnc(NC(=O)[C@@H]2C(c3ccccc3)C2(C)C)s1. The molecule has 2 atom stereocenters. The standard InChI is InChI=1S/C16H18N2OS/c1-10-9-17-15(20-10)18-14(19)13-12(16(13,2)3)11-7-5-4-6-8-11/h4-9,12-13H,1-3H3,(H,17,18,19)/t12?,13-/m0/s1. The molecule has 0 aliphatic heterocycles. The van der Waals surface area contributed by atoms with Crippen LogP contribution >= 0.6 is 11.3 Å². The van der Waals surface area contributed by atoms with Crippen molar-refractivity contribution >= 4 is 22.4 Å². The van der Waals surface area contributed by atoms with Crippen LogP contribution in [0.4, 0.5) is 5.13 Å². The Bertz CT molecular complexity index is 633. The third kappa shape index (κ3) is 2.24. The predicted molar refractivity (Wildman–Crippen MR) is 81.9 cm³/mol. The number of carbonyl (C=O) groups excluding carboxylic acids is 1. The van der Waals surface area contributed by atoms with Crippen molar-refractivity contribution in [1.29, 1.82) is 0 Å². The minimum absolute atomic E-state index is 0.0116. The molecule has 1 fully saturated rings. The van der Waals surface area contributed by atoms with Crippen LogP contribution in [0.2, 0.25) is 0 Å². The number of nitrogens with zero attached hydrogens (tertiary/aromatic N) is 1. The van der Waals surface area contributed by atoms with Crippen LogP contribution in [-0.4, -0.2) is 10.9 Å². The maximum atomic E-state index is 12.4. The van der Waals surface area contributed by atoms with Crippen LogP contribution in [0.1, 0.15) is 30.2 Å². The first-order valence-corrected chi connectivity index (χ1v) is 7.60. The molecule has 1 N–H and O–H groups in total. The summed E-state index contributed by atoms with van der Waals surface area (Å²) >= 11 is 1.52. The van der Waals surface area contributed by atoms with E-state index in [1.54, 1.807) is 6.20 Å². The van der Waals surface area contributed by atoms with Gasteiger partial charge < -0.3 is 5.32 Å². The number of aromatic nitrogens is 1. The minimum Gasteiger partial charge on any atom is -0.302 e. The Kier molecular flexibility index (Phi) is 3.13. The molecule has 0 bridgehead atoms. The maximum Gasteiger partial charge on any atom is 0.230 e. The summed E-state index contributed by atoms with van der Waals surface area (Å²) < 4.78 is 0. The Labute approximate surface area is 123 Å². The Hall–Kier alpha value is -1.68. The van der Waals surface area contributed by atoms with Gasteiger partial charge in [-0.1, -0.05) is 44.2 Å². The highest BCUT2D eigenvalue weighted by atomic mass is 32.1. The number of aryl methyl sites for hydroxylation is 1. The normalized spacial score (nSPS) is 23.4. The lowest BCUT2D eigenvalue weighted by molar-refractivity contribution is -0.118. The molecule has 1 aliphatic carbocycles. The minimum atomic E-state index is 0.0116. The number of benzene rings is 1. The predicted octanol–water partition coefficient (Wildman–Crippen LogP) is 3.83. The number of thiazole rings is 1. The number of hydrogen-bond acceptors (Lipinski definition) is 3. The molecule has 3 nitrogen and oxygen atoms in total. The van der Waals surface area contributed by atoms with E-state index in [0.29, 0.717) is 11.0 Å². The molecule has 4 heteroatoms. The lowest BCUT2D eigenvalue weighted by atomic mass is 10.0. The molecule has 0 radical (unpaired) electrons.